The number of rotatable bonds is 3. The molecule has 0 spiro atoms. The van der Waals surface area contributed by atoms with Gasteiger partial charge in [0.25, 0.3) is 0 Å². The number of aryl methyl sites for hydroxylation is 3. The smallest absolute Gasteiger partial charge is 0.314 e. The zero-order valence-electron chi connectivity index (χ0n) is 11.9. The number of aromatic nitrogens is 1. The summed E-state index contributed by atoms with van der Waals surface area (Å²) in [6, 6.07) is 8.43. The fourth-order valence-electron chi connectivity index (χ4n) is 2.08. The van der Waals surface area contributed by atoms with Crippen LogP contribution in [0.1, 0.15) is 22.5 Å². The van der Waals surface area contributed by atoms with Gasteiger partial charge in [-0.3, -0.25) is 15.1 Å². The number of para-hydroxylation sites is 1. The quantitative estimate of drug-likeness (QED) is 0.634. The van der Waals surface area contributed by atoms with Crippen LogP contribution >= 0.6 is 0 Å². The van der Waals surface area contributed by atoms with Gasteiger partial charge < -0.3 is 4.74 Å². The van der Waals surface area contributed by atoms with Crippen molar-refractivity contribution >= 4 is 5.69 Å². The Hall–Kier alpha value is -2.94. The molecule has 0 fully saturated rings. The Bertz CT molecular complexity index is 763. The van der Waals surface area contributed by atoms with E-state index in [4.69, 9.17) is 4.74 Å². The van der Waals surface area contributed by atoms with Crippen LogP contribution < -0.4 is 4.74 Å². The van der Waals surface area contributed by atoms with Crippen molar-refractivity contribution in [2.75, 3.05) is 0 Å². The monoisotopic (exact) mass is 283 g/mol. The third-order valence-corrected chi connectivity index (χ3v) is 3.01. The summed E-state index contributed by atoms with van der Waals surface area (Å²) in [7, 11) is 0. The van der Waals surface area contributed by atoms with Crippen LogP contribution in [0.2, 0.25) is 0 Å². The number of pyridine rings is 1. The maximum atomic E-state index is 11.2. The first-order valence-corrected chi connectivity index (χ1v) is 6.24. The first-order chi connectivity index (χ1) is 9.93. The molecule has 6 nitrogen and oxygen atoms in total. The molecular weight excluding hydrogens is 270 g/mol. The highest BCUT2D eigenvalue weighted by molar-refractivity contribution is 5.56. The Morgan fingerprint density at radius 1 is 1.29 bits per heavy atom. The number of ether oxygens (including phenoxy) is 1. The van der Waals surface area contributed by atoms with E-state index in [1.807, 2.05) is 6.07 Å². The van der Waals surface area contributed by atoms with Crippen LogP contribution in [-0.2, 0) is 0 Å². The maximum Gasteiger partial charge on any atom is 0.314 e. The molecule has 0 saturated carbocycles. The zero-order chi connectivity index (χ0) is 15.6. The summed E-state index contributed by atoms with van der Waals surface area (Å²) in [5.74, 6) is 0.387. The molecule has 0 aliphatic rings. The third-order valence-electron chi connectivity index (χ3n) is 3.01. The molecule has 6 heteroatoms. The van der Waals surface area contributed by atoms with E-state index < -0.39 is 4.92 Å². The molecule has 0 bridgehead atoms. The molecule has 0 radical (unpaired) electrons. The highest BCUT2D eigenvalue weighted by atomic mass is 16.6. The Labute approximate surface area is 121 Å². The zero-order valence-corrected chi connectivity index (χ0v) is 11.9. The lowest BCUT2D eigenvalue weighted by Crippen LogP contribution is -1.99. The molecule has 2 rings (SSSR count). The van der Waals surface area contributed by atoms with Crippen molar-refractivity contribution < 1.29 is 9.66 Å². The van der Waals surface area contributed by atoms with Gasteiger partial charge in [0.15, 0.2) is 0 Å². The van der Waals surface area contributed by atoms with Crippen LogP contribution in [-0.4, -0.2) is 9.91 Å². The Kier molecular flexibility index (Phi) is 3.85. The Morgan fingerprint density at radius 2 is 2.00 bits per heavy atom. The number of nitrogens with zero attached hydrogens (tertiary/aromatic N) is 3. The SMILES string of the molecule is Cc1cc(Oc2cccc(C)c2[N+](=O)[O-])c(C#N)c(C)n1. The first-order valence-electron chi connectivity index (χ1n) is 6.24. The topological polar surface area (TPSA) is 89.0 Å². The second-order valence-corrected chi connectivity index (χ2v) is 4.61. The van der Waals surface area contributed by atoms with Crippen molar-refractivity contribution in [2.24, 2.45) is 0 Å². The molecule has 106 valence electrons. The number of benzene rings is 1. The second-order valence-electron chi connectivity index (χ2n) is 4.61. The Balaban J connectivity index is 2.57. The fourth-order valence-corrected chi connectivity index (χ4v) is 2.08. The summed E-state index contributed by atoms with van der Waals surface area (Å²) >= 11 is 0. The average Bonchev–Trinajstić information content (AvgIpc) is 2.37. The van der Waals surface area contributed by atoms with E-state index in [2.05, 4.69) is 4.98 Å². The number of nitro groups is 1. The van der Waals surface area contributed by atoms with Gasteiger partial charge in [0.05, 0.1) is 10.6 Å². The average molecular weight is 283 g/mol. The van der Waals surface area contributed by atoms with E-state index in [9.17, 15) is 15.4 Å². The molecule has 0 N–H and O–H groups in total. The summed E-state index contributed by atoms with van der Waals surface area (Å²) < 4.78 is 5.63. The molecule has 1 aromatic heterocycles. The van der Waals surface area contributed by atoms with Gasteiger partial charge in [-0.15, -0.1) is 0 Å². The lowest BCUT2D eigenvalue weighted by Gasteiger charge is -2.11. The van der Waals surface area contributed by atoms with Crippen molar-refractivity contribution in [3.05, 3.63) is 56.9 Å². The van der Waals surface area contributed by atoms with Gasteiger partial charge in [-0.2, -0.15) is 5.26 Å². The summed E-state index contributed by atoms with van der Waals surface area (Å²) in [4.78, 5) is 14.9. The lowest BCUT2D eigenvalue weighted by molar-refractivity contribution is -0.386. The van der Waals surface area contributed by atoms with Gasteiger partial charge in [-0.25, -0.2) is 0 Å². The largest absolute Gasteiger partial charge is 0.449 e. The van der Waals surface area contributed by atoms with Gasteiger partial charge in [0.1, 0.15) is 17.4 Å². The van der Waals surface area contributed by atoms with Gasteiger partial charge in [-0.05, 0) is 26.8 Å². The molecule has 0 saturated heterocycles. The lowest BCUT2D eigenvalue weighted by atomic mass is 10.1. The molecule has 2 aromatic rings. The van der Waals surface area contributed by atoms with Crippen LogP contribution in [0, 0.1) is 42.2 Å². The highest BCUT2D eigenvalue weighted by Crippen LogP contribution is 2.35. The fraction of sp³-hybridized carbons (Fsp3) is 0.200. The van der Waals surface area contributed by atoms with E-state index in [1.165, 1.54) is 6.07 Å². The summed E-state index contributed by atoms with van der Waals surface area (Å²) in [5, 5.41) is 20.4. The normalized spacial score (nSPS) is 10.0. The third kappa shape index (κ3) is 2.82. The summed E-state index contributed by atoms with van der Waals surface area (Å²) in [5.41, 5.74) is 1.88. The predicted molar refractivity (Wildman–Crippen MR) is 76.3 cm³/mol. The van der Waals surface area contributed by atoms with Crippen molar-refractivity contribution in [1.82, 2.24) is 4.98 Å². The molecule has 1 aromatic carbocycles. The van der Waals surface area contributed by atoms with Crippen LogP contribution in [0.5, 0.6) is 11.5 Å². The molecule has 21 heavy (non-hydrogen) atoms. The van der Waals surface area contributed by atoms with Crippen molar-refractivity contribution in [2.45, 2.75) is 20.8 Å². The van der Waals surface area contributed by atoms with Crippen molar-refractivity contribution in [3.8, 4) is 17.6 Å². The molecule has 0 atom stereocenters. The molecule has 0 aliphatic carbocycles. The predicted octanol–water partition coefficient (Wildman–Crippen LogP) is 3.58. The number of hydrogen-bond donors (Lipinski definition) is 0. The van der Waals surface area contributed by atoms with Crippen molar-refractivity contribution in [1.29, 1.82) is 5.26 Å². The van der Waals surface area contributed by atoms with Crippen LogP contribution in [0.4, 0.5) is 5.69 Å². The van der Waals surface area contributed by atoms with Crippen LogP contribution in [0.3, 0.4) is 0 Å². The summed E-state index contributed by atoms with van der Waals surface area (Å²) in [6.07, 6.45) is 0. The van der Waals surface area contributed by atoms with Gasteiger partial charge in [0, 0.05) is 17.3 Å². The minimum absolute atomic E-state index is 0.103. The van der Waals surface area contributed by atoms with E-state index in [0.717, 1.165) is 0 Å². The van der Waals surface area contributed by atoms with E-state index in [0.29, 0.717) is 17.0 Å². The summed E-state index contributed by atoms with van der Waals surface area (Å²) in [6.45, 7) is 5.11. The van der Waals surface area contributed by atoms with E-state index in [1.54, 1.807) is 39.0 Å². The molecule has 0 amide bonds. The van der Waals surface area contributed by atoms with E-state index >= 15 is 0 Å². The minimum Gasteiger partial charge on any atom is -0.449 e. The molecule has 1 heterocycles. The van der Waals surface area contributed by atoms with Gasteiger partial charge in [0.2, 0.25) is 5.75 Å². The standard InChI is InChI=1S/C15H13N3O3/c1-9-5-4-6-13(15(9)18(19)20)21-14-7-10(2)17-11(3)12(14)8-16/h4-7H,1-3H3. The van der Waals surface area contributed by atoms with Crippen LogP contribution in [0.25, 0.3) is 0 Å². The first kappa shape index (κ1) is 14.5. The maximum absolute atomic E-state index is 11.2. The second kappa shape index (κ2) is 5.59. The van der Waals surface area contributed by atoms with Crippen molar-refractivity contribution in [3.63, 3.8) is 0 Å². The van der Waals surface area contributed by atoms with Gasteiger partial charge in [-0.1, -0.05) is 12.1 Å². The molecule has 0 unspecified atom stereocenters. The van der Waals surface area contributed by atoms with E-state index in [-0.39, 0.29) is 22.7 Å². The number of nitro benzene ring substituents is 1. The Morgan fingerprint density at radius 3 is 2.62 bits per heavy atom. The number of hydrogen-bond acceptors (Lipinski definition) is 5. The number of nitriles is 1. The van der Waals surface area contributed by atoms with Gasteiger partial charge >= 0.3 is 5.69 Å². The highest BCUT2D eigenvalue weighted by Gasteiger charge is 2.20. The molecule has 0 aliphatic heterocycles. The van der Waals surface area contributed by atoms with Crippen LogP contribution in [0.15, 0.2) is 24.3 Å². The molecular formula is C15H13N3O3. The minimum atomic E-state index is -0.488.